The molecule has 118 valence electrons. The largest absolute Gasteiger partial charge is 0.508 e. The van der Waals surface area contributed by atoms with Gasteiger partial charge >= 0.3 is 0 Å². The Balaban J connectivity index is 1.78. The predicted octanol–water partition coefficient (Wildman–Crippen LogP) is 0.292. The molecule has 1 fully saturated rings. The summed E-state index contributed by atoms with van der Waals surface area (Å²) in [5.41, 5.74) is 0.659. The van der Waals surface area contributed by atoms with Crippen molar-refractivity contribution in [2.75, 3.05) is 6.61 Å². The zero-order valence-electron chi connectivity index (χ0n) is 11.7. The highest BCUT2D eigenvalue weighted by molar-refractivity contribution is 5.38. The van der Waals surface area contributed by atoms with Crippen LogP contribution < -0.4 is 0 Å². The second-order valence-corrected chi connectivity index (χ2v) is 5.57. The van der Waals surface area contributed by atoms with Crippen LogP contribution in [0.15, 0.2) is 18.2 Å². The minimum Gasteiger partial charge on any atom is -0.508 e. The van der Waals surface area contributed by atoms with Crippen LogP contribution in [0.1, 0.15) is 24.8 Å². The van der Waals surface area contributed by atoms with Gasteiger partial charge in [0, 0.05) is 12.5 Å². The number of aliphatic hydroxyl groups is 3. The first-order valence-electron chi connectivity index (χ1n) is 7.12. The minimum absolute atomic E-state index is 0.0000469. The summed E-state index contributed by atoms with van der Waals surface area (Å²) >= 11 is 0. The van der Waals surface area contributed by atoms with Gasteiger partial charge in [0.05, 0.1) is 24.9 Å². The van der Waals surface area contributed by atoms with E-state index in [0.29, 0.717) is 31.2 Å². The van der Waals surface area contributed by atoms with E-state index in [1.54, 1.807) is 6.07 Å². The van der Waals surface area contributed by atoms with E-state index in [1.807, 2.05) is 0 Å². The number of hydrogen-bond donors (Lipinski definition) is 5. The zero-order valence-corrected chi connectivity index (χ0v) is 11.7. The number of benzene rings is 1. The molecular weight excluding hydrogens is 276 g/mol. The lowest BCUT2D eigenvalue weighted by atomic mass is 9.96. The molecule has 2 rings (SSSR count). The van der Waals surface area contributed by atoms with Gasteiger partial charge in [-0.1, -0.05) is 6.07 Å². The molecule has 1 heterocycles. The molecule has 1 aromatic carbocycles. The van der Waals surface area contributed by atoms with E-state index >= 15 is 0 Å². The van der Waals surface area contributed by atoms with E-state index in [9.17, 15) is 25.5 Å². The van der Waals surface area contributed by atoms with Crippen LogP contribution in [0.25, 0.3) is 0 Å². The summed E-state index contributed by atoms with van der Waals surface area (Å²) in [6.45, 7) is 0.0807. The first-order valence-corrected chi connectivity index (χ1v) is 7.12. The highest BCUT2D eigenvalue weighted by atomic mass is 16.5. The van der Waals surface area contributed by atoms with Crippen LogP contribution in [0.5, 0.6) is 11.5 Å². The van der Waals surface area contributed by atoms with Crippen LogP contribution in [0.3, 0.4) is 0 Å². The molecule has 1 aromatic rings. The topological polar surface area (TPSA) is 110 Å². The van der Waals surface area contributed by atoms with E-state index in [0.717, 1.165) is 0 Å². The lowest BCUT2D eigenvalue weighted by Gasteiger charge is -2.31. The van der Waals surface area contributed by atoms with Crippen molar-refractivity contribution in [1.82, 2.24) is 0 Å². The van der Waals surface area contributed by atoms with E-state index < -0.39 is 18.3 Å². The van der Waals surface area contributed by atoms with E-state index in [4.69, 9.17) is 4.74 Å². The third kappa shape index (κ3) is 4.57. The SMILES string of the molecule is Oc1ccc(CCC(O)CC2CC(O)C(O)CO2)c(O)c1. The summed E-state index contributed by atoms with van der Waals surface area (Å²) in [6.07, 6.45) is -0.949. The second kappa shape index (κ2) is 7.09. The number of rotatable bonds is 5. The van der Waals surface area contributed by atoms with Crippen molar-refractivity contribution >= 4 is 0 Å². The fourth-order valence-electron chi connectivity index (χ4n) is 2.51. The molecule has 0 spiro atoms. The molecule has 1 aliphatic rings. The van der Waals surface area contributed by atoms with Crippen LogP contribution in [0.2, 0.25) is 0 Å². The number of aliphatic hydroxyl groups excluding tert-OH is 3. The highest BCUT2D eigenvalue weighted by Gasteiger charge is 2.29. The Hall–Kier alpha value is -1.34. The Bertz CT molecular complexity index is 463. The van der Waals surface area contributed by atoms with Crippen LogP contribution in [-0.4, -0.2) is 56.6 Å². The van der Waals surface area contributed by atoms with Crippen molar-refractivity contribution in [1.29, 1.82) is 0 Å². The lowest BCUT2D eigenvalue weighted by Crippen LogP contribution is -2.42. The zero-order chi connectivity index (χ0) is 15.4. The average Bonchev–Trinajstić information content (AvgIpc) is 2.42. The maximum atomic E-state index is 10.0. The van der Waals surface area contributed by atoms with Crippen molar-refractivity contribution in [2.24, 2.45) is 0 Å². The molecule has 0 aromatic heterocycles. The fraction of sp³-hybridized carbons (Fsp3) is 0.600. The number of phenolic OH excluding ortho intramolecular Hbond substituents is 2. The second-order valence-electron chi connectivity index (χ2n) is 5.57. The van der Waals surface area contributed by atoms with Gasteiger partial charge in [0.15, 0.2) is 0 Å². The van der Waals surface area contributed by atoms with Crippen LogP contribution in [-0.2, 0) is 11.2 Å². The number of hydrogen-bond acceptors (Lipinski definition) is 6. The van der Waals surface area contributed by atoms with Gasteiger partial charge in [0.1, 0.15) is 17.6 Å². The Labute approximate surface area is 123 Å². The normalized spacial score (nSPS) is 27.5. The summed E-state index contributed by atoms with van der Waals surface area (Å²) in [5.74, 6) is 0.00890. The maximum Gasteiger partial charge on any atom is 0.122 e. The molecule has 5 N–H and O–H groups in total. The molecular formula is C15H22O6. The molecule has 0 saturated carbocycles. The van der Waals surface area contributed by atoms with Gasteiger partial charge in [-0.25, -0.2) is 0 Å². The number of aromatic hydroxyl groups is 2. The Morgan fingerprint density at radius 2 is 1.95 bits per heavy atom. The molecule has 4 atom stereocenters. The first kappa shape index (κ1) is 16.0. The molecule has 6 heteroatoms. The van der Waals surface area contributed by atoms with Gasteiger partial charge in [0.25, 0.3) is 0 Å². The molecule has 1 saturated heterocycles. The summed E-state index contributed by atoms with van der Waals surface area (Å²) in [4.78, 5) is 0. The van der Waals surface area contributed by atoms with E-state index in [1.165, 1.54) is 12.1 Å². The van der Waals surface area contributed by atoms with Crippen LogP contribution in [0.4, 0.5) is 0 Å². The summed E-state index contributed by atoms with van der Waals surface area (Å²) < 4.78 is 5.37. The Kier molecular flexibility index (Phi) is 5.41. The number of phenols is 2. The number of ether oxygens (including phenoxy) is 1. The van der Waals surface area contributed by atoms with Crippen molar-refractivity contribution in [3.8, 4) is 11.5 Å². The molecule has 1 aliphatic heterocycles. The summed E-state index contributed by atoms with van der Waals surface area (Å²) in [6, 6.07) is 4.38. The third-order valence-corrected chi connectivity index (χ3v) is 3.80. The van der Waals surface area contributed by atoms with E-state index in [2.05, 4.69) is 0 Å². The first-order chi connectivity index (χ1) is 9.95. The monoisotopic (exact) mass is 298 g/mol. The molecule has 0 amide bonds. The van der Waals surface area contributed by atoms with Gasteiger partial charge in [-0.05, 0) is 30.9 Å². The Morgan fingerprint density at radius 1 is 1.19 bits per heavy atom. The van der Waals surface area contributed by atoms with Crippen molar-refractivity contribution in [3.63, 3.8) is 0 Å². The molecule has 21 heavy (non-hydrogen) atoms. The Morgan fingerprint density at radius 3 is 2.62 bits per heavy atom. The van der Waals surface area contributed by atoms with Crippen LogP contribution in [0, 0.1) is 0 Å². The van der Waals surface area contributed by atoms with Crippen molar-refractivity contribution in [3.05, 3.63) is 23.8 Å². The quantitative estimate of drug-likeness (QED) is 0.534. The molecule has 0 radical (unpaired) electrons. The van der Waals surface area contributed by atoms with Crippen molar-refractivity contribution < 1.29 is 30.3 Å². The molecule has 0 aliphatic carbocycles. The maximum absolute atomic E-state index is 10.0. The average molecular weight is 298 g/mol. The standard InChI is InChI=1S/C15H22O6/c16-10(5-12-7-14(19)15(20)8-21-12)3-1-9-2-4-11(17)6-13(9)18/h2,4,6,10,12,14-20H,1,3,5,7-8H2. The van der Waals surface area contributed by atoms with Gasteiger partial charge in [-0.3, -0.25) is 0 Å². The van der Waals surface area contributed by atoms with Gasteiger partial charge in [-0.2, -0.15) is 0 Å². The molecule has 0 bridgehead atoms. The lowest BCUT2D eigenvalue weighted by molar-refractivity contribution is -0.129. The minimum atomic E-state index is -0.854. The fourth-order valence-corrected chi connectivity index (χ4v) is 2.51. The summed E-state index contributed by atoms with van der Waals surface area (Å²) in [5, 5.41) is 47.8. The third-order valence-electron chi connectivity index (χ3n) is 3.80. The van der Waals surface area contributed by atoms with Gasteiger partial charge < -0.3 is 30.3 Å². The number of aryl methyl sites for hydroxylation is 1. The van der Waals surface area contributed by atoms with Gasteiger partial charge in [-0.15, -0.1) is 0 Å². The molecule has 4 unspecified atom stereocenters. The molecule has 6 nitrogen and oxygen atoms in total. The predicted molar refractivity (Wildman–Crippen MR) is 75.1 cm³/mol. The van der Waals surface area contributed by atoms with Gasteiger partial charge in [0.2, 0.25) is 0 Å². The smallest absolute Gasteiger partial charge is 0.122 e. The summed E-state index contributed by atoms with van der Waals surface area (Å²) in [7, 11) is 0. The van der Waals surface area contributed by atoms with Crippen molar-refractivity contribution in [2.45, 2.75) is 50.1 Å². The van der Waals surface area contributed by atoms with E-state index in [-0.39, 0.29) is 24.2 Å². The highest BCUT2D eigenvalue weighted by Crippen LogP contribution is 2.25. The van der Waals surface area contributed by atoms with Crippen LogP contribution >= 0.6 is 0 Å².